The molecule has 0 bridgehead atoms. The Morgan fingerprint density at radius 2 is 1.87 bits per heavy atom. The van der Waals surface area contributed by atoms with Gasteiger partial charge >= 0.3 is 0 Å². The van der Waals surface area contributed by atoms with Gasteiger partial charge in [-0.1, -0.05) is 30.3 Å². The van der Waals surface area contributed by atoms with Crippen molar-refractivity contribution >= 4 is 5.69 Å². The number of hydrogen-bond acceptors (Lipinski definition) is 2. The van der Waals surface area contributed by atoms with Crippen LogP contribution in [0.25, 0.3) is 0 Å². The van der Waals surface area contributed by atoms with Crippen LogP contribution in [0.15, 0.2) is 54.9 Å². The predicted molar refractivity (Wildman–Crippen MR) is 62.8 cm³/mol. The maximum atomic E-state index is 4.11. The van der Waals surface area contributed by atoms with Crippen LogP contribution < -0.4 is 4.90 Å². The van der Waals surface area contributed by atoms with Gasteiger partial charge in [-0.3, -0.25) is 4.98 Å². The first-order valence-electron chi connectivity index (χ1n) is 5.01. The van der Waals surface area contributed by atoms with Crippen molar-refractivity contribution in [3.63, 3.8) is 0 Å². The predicted octanol–water partition coefficient (Wildman–Crippen LogP) is 2.72. The Hall–Kier alpha value is -1.83. The molecule has 0 spiro atoms. The molecule has 15 heavy (non-hydrogen) atoms. The summed E-state index contributed by atoms with van der Waals surface area (Å²) in [7, 11) is 2.07. The molecule has 2 heteroatoms. The highest BCUT2D eigenvalue weighted by Gasteiger charge is 2.00. The number of rotatable bonds is 3. The van der Waals surface area contributed by atoms with Gasteiger partial charge in [-0.25, -0.2) is 0 Å². The third-order valence-corrected chi connectivity index (χ3v) is 2.35. The van der Waals surface area contributed by atoms with Gasteiger partial charge in [0.05, 0.1) is 11.9 Å². The molecule has 1 aromatic heterocycles. The SMILES string of the molecule is CN(Cc1ccccc1)c1cccnc1. The molecule has 0 N–H and O–H groups in total. The highest BCUT2D eigenvalue weighted by molar-refractivity contribution is 5.43. The highest BCUT2D eigenvalue weighted by atomic mass is 15.1. The second kappa shape index (κ2) is 4.60. The van der Waals surface area contributed by atoms with Crippen molar-refractivity contribution < 1.29 is 0 Å². The first-order chi connectivity index (χ1) is 7.36. The topological polar surface area (TPSA) is 16.1 Å². The largest absolute Gasteiger partial charge is 0.369 e. The van der Waals surface area contributed by atoms with Gasteiger partial charge in [-0.2, -0.15) is 0 Å². The Bertz CT molecular complexity index is 397. The Balaban J connectivity index is 2.08. The Morgan fingerprint density at radius 3 is 2.53 bits per heavy atom. The minimum Gasteiger partial charge on any atom is -0.369 e. The van der Waals surface area contributed by atoms with Crippen molar-refractivity contribution in [2.45, 2.75) is 6.54 Å². The minimum atomic E-state index is 0.909. The first kappa shape index (κ1) is 9.71. The van der Waals surface area contributed by atoms with Crippen LogP contribution in [-0.2, 0) is 6.54 Å². The standard InChI is InChI=1S/C13H14N2/c1-15(13-8-5-9-14-10-13)11-12-6-3-2-4-7-12/h2-10H,11H2,1H3. The lowest BCUT2D eigenvalue weighted by Gasteiger charge is -2.18. The van der Waals surface area contributed by atoms with E-state index in [-0.39, 0.29) is 0 Å². The molecule has 0 saturated heterocycles. The molecule has 0 atom stereocenters. The molecule has 1 aromatic carbocycles. The molecule has 1 heterocycles. The summed E-state index contributed by atoms with van der Waals surface area (Å²) in [6.07, 6.45) is 3.67. The fourth-order valence-corrected chi connectivity index (χ4v) is 1.53. The van der Waals surface area contributed by atoms with E-state index in [0.717, 1.165) is 12.2 Å². The fraction of sp³-hybridized carbons (Fsp3) is 0.154. The molecule has 2 nitrogen and oxygen atoms in total. The van der Waals surface area contributed by atoms with Crippen LogP contribution in [-0.4, -0.2) is 12.0 Å². The van der Waals surface area contributed by atoms with E-state index in [1.807, 2.05) is 18.3 Å². The summed E-state index contributed by atoms with van der Waals surface area (Å²) < 4.78 is 0. The van der Waals surface area contributed by atoms with Crippen LogP contribution in [0.5, 0.6) is 0 Å². The molecule has 2 rings (SSSR count). The van der Waals surface area contributed by atoms with E-state index >= 15 is 0 Å². The summed E-state index contributed by atoms with van der Waals surface area (Å²) >= 11 is 0. The summed E-state index contributed by atoms with van der Waals surface area (Å²) in [5.41, 5.74) is 2.45. The summed E-state index contributed by atoms with van der Waals surface area (Å²) in [6.45, 7) is 0.909. The smallest absolute Gasteiger partial charge is 0.0553 e. The Kier molecular flexibility index (Phi) is 2.98. The Morgan fingerprint density at radius 1 is 1.07 bits per heavy atom. The average molecular weight is 198 g/mol. The van der Waals surface area contributed by atoms with Crippen molar-refractivity contribution in [3.8, 4) is 0 Å². The molecule has 0 radical (unpaired) electrons. The lowest BCUT2D eigenvalue weighted by Crippen LogP contribution is -2.16. The molecule has 0 saturated carbocycles. The van der Waals surface area contributed by atoms with Crippen LogP contribution >= 0.6 is 0 Å². The van der Waals surface area contributed by atoms with E-state index in [0.29, 0.717) is 0 Å². The number of hydrogen-bond donors (Lipinski definition) is 0. The molecular formula is C13H14N2. The van der Waals surface area contributed by atoms with E-state index in [4.69, 9.17) is 0 Å². The number of aromatic nitrogens is 1. The summed E-state index contributed by atoms with van der Waals surface area (Å²) in [6, 6.07) is 14.4. The zero-order chi connectivity index (χ0) is 10.5. The molecule has 0 aliphatic rings. The van der Waals surface area contributed by atoms with E-state index < -0.39 is 0 Å². The maximum absolute atomic E-state index is 4.11. The van der Waals surface area contributed by atoms with Crippen LogP contribution in [0.1, 0.15) is 5.56 Å². The van der Waals surface area contributed by atoms with Crippen molar-refractivity contribution in [1.29, 1.82) is 0 Å². The van der Waals surface area contributed by atoms with Crippen molar-refractivity contribution in [2.75, 3.05) is 11.9 Å². The van der Waals surface area contributed by atoms with Crippen molar-refractivity contribution in [1.82, 2.24) is 4.98 Å². The maximum Gasteiger partial charge on any atom is 0.0553 e. The molecule has 76 valence electrons. The van der Waals surface area contributed by atoms with Crippen LogP contribution in [0.2, 0.25) is 0 Å². The van der Waals surface area contributed by atoms with E-state index in [1.165, 1.54) is 5.56 Å². The van der Waals surface area contributed by atoms with Gasteiger partial charge in [0.1, 0.15) is 0 Å². The fourth-order valence-electron chi connectivity index (χ4n) is 1.53. The van der Waals surface area contributed by atoms with Gasteiger partial charge in [0.2, 0.25) is 0 Å². The van der Waals surface area contributed by atoms with Crippen LogP contribution in [0, 0.1) is 0 Å². The number of nitrogens with zero attached hydrogens (tertiary/aromatic N) is 2. The molecule has 0 fully saturated rings. The molecule has 2 aromatic rings. The normalized spacial score (nSPS) is 9.93. The van der Waals surface area contributed by atoms with Crippen molar-refractivity contribution in [3.05, 3.63) is 60.4 Å². The lowest BCUT2D eigenvalue weighted by atomic mass is 10.2. The van der Waals surface area contributed by atoms with Gasteiger partial charge in [0, 0.05) is 19.8 Å². The van der Waals surface area contributed by atoms with Crippen molar-refractivity contribution in [2.24, 2.45) is 0 Å². The van der Waals surface area contributed by atoms with Gasteiger partial charge in [0.25, 0.3) is 0 Å². The summed E-state index contributed by atoms with van der Waals surface area (Å²) in [5.74, 6) is 0. The summed E-state index contributed by atoms with van der Waals surface area (Å²) in [5, 5.41) is 0. The number of anilines is 1. The average Bonchev–Trinajstić information content (AvgIpc) is 2.31. The quantitative estimate of drug-likeness (QED) is 0.753. The minimum absolute atomic E-state index is 0.909. The van der Waals surface area contributed by atoms with E-state index in [9.17, 15) is 0 Å². The third-order valence-electron chi connectivity index (χ3n) is 2.35. The third kappa shape index (κ3) is 2.56. The first-order valence-corrected chi connectivity index (χ1v) is 5.01. The lowest BCUT2D eigenvalue weighted by molar-refractivity contribution is 0.918. The monoisotopic (exact) mass is 198 g/mol. The zero-order valence-electron chi connectivity index (χ0n) is 8.80. The van der Waals surface area contributed by atoms with Gasteiger partial charge < -0.3 is 4.90 Å². The summed E-state index contributed by atoms with van der Waals surface area (Å²) in [4.78, 5) is 6.29. The second-order valence-corrected chi connectivity index (χ2v) is 3.55. The second-order valence-electron chi connectivity index (χ2n) is 3.55. The highest BCUT2D eigenvalue weighted by Crippen LogP contribution is 2.12. The molecule has 0 aliphatic heterocycles. The number of benzene rings is 1. The molecule has 0 amide bonds. The van der Waals surface area contributed by atoms with Gasteiger partial charge in [-0.15, -0.1) is 0 Å². The van der Waals surface area contributed by atoms with Gasteiger partial charge in [0.15, 0.2) is 0 Å². The van der Waals surface area contributed by atoms with E-state index in [2.05, 4.69) is 47.3 Å². The molecule has 0 unspecified atom stereocenters. The molecule has 0 aliphatic carbocycles. The van der Waals surface area contributed by atoms with Gasteiger partial charge in [-0.05, 0) is 17.7 Å². The Labute approximate surface area is 90.2 Å². The van der Waals surface area contributed by atoms with Crippen LogP contribution in [0.4, 0.5) is 5.69 Å². The van der Waals surface area contributed by atoms with Crippen LogP contribution in [0.3, 0.4) is 0 Å². The zero-order valence-corrected chi connectivity index (χ0v) is 8.80. The number of pyridine rings is 1. The molecular weight excluding hydrogens is 184 g/mol. The van der Waals surface area contributed by atoms with E-state index in [1.54, 1.807) is 6.20 Å².